The van der Waals surface area contributed by atoms with E-state index in [9.17, 15) is 4.39 Å². The van der Waals surface area contributed by atoms with E-state index in [2.05, 4.69) is 21.4 Å². The Morgan fingerprint density at radius 1 is 1.21 bits per heavy atom. The summed E-state index contributed by atoms with van der Waals surface area (Å²) in [6, 6.07) is 12.7. The van der Waals surface area contributed by atoms with E-state index in [-0.39, 0.29) is 11.9 Å². The molecular weight excluding hydrogens is 307 g/mol. The van der Waals surface area contributed by atoms with Gasteiger partial charge in [-0.05, 0) is 54.3 Å². The van der Waals surface area contributed by atoms with Crippen LogP contribution in [0, 0.1) is 12.7 Å². The van der Waals surface area contributed by atoms with Gasteiger partial charge in [0.25, 0.3) is 0 Å². The molecule has 3 N–H and O–H groups in total. The van der Waals surface area contributed by atoms with Crippen molar-refractivity contribution >= 4 is 15.9 Å². The second-order valence-corrected chi connectivity index (χ2v) is 5.46. The van der Waals surface area contributed by atoms with Crippen LogP contribution in [0.1, 0.15) is 22.7 Å². The summed E-state index contributed by atoms with van der Waals surface area (Å²) in [6.07, 6.45) is 0.654. The average Bonchev–Trinajstić information content (AvgIpc) is 2.41. The van der Waals surface area contributed by atoms with Gasteiger partial charge >= 0.3 is 0 Å². The van der Waals surface area contributed by atoms with E-state index in [1.165, 1.54) is 6.07 Å². The summed E-state index contributed by atoms with van der Waals surface area (Å²) >= 11 is 3.40. The Morgan fingerprint density at radius 3 is 2.53 bits per heavy atom. The maximum atomic E-state index is 13.3. The maximum absolute atomic E-state index is 13.3. The summed E-state index contributed by atoms with van der Waals surface area (Å²) in [6.45, 7) is 1.98. The highest BCUT2D eigenvalue weighted by Gasteiger charge is 2.12. The first-order chi connectivity index (χ1) is 9.10. The molecule has 0 aliphatic heterocycles. The molecule has 0 amide bonds. The van der Waals surface area contributed by atoms with Gasteiger partial charge < -0.3 is 0 Å². The predicted molar refractivity (Wildman–Crippen MR) is 79.0 cm³/mol. The van der Waals surface area contributed by atoms with Gasteiger partial charge in [0.05, 0.1) is 0 Å². The topological polar surface area (TPSA) is 38.0 Å². The largest absolute Gasteiger partial charge is 0.271 e. The van der Waals surface area contributed by atoms with Crippen LogP contribution in [-0.2, 0) is 6.42 Å². The van der Waals surface area contributed by atoms with Gasteiger partial charge in [-0.25, -0.2) is 4.39 Å². The lowest BCUT2D eigenvalue weighted by molar-refractivity contribution is 0.547. The lowest BCUT2D eigenvalue weighted by Crippen LogP contribution is -2.29. The highest BCUT2D eigenvalue weighted by atomic mass is 79.9. The minimum Gasteiger partial charge on any atom is -0.271 e. The van der Waals surface area contributed by atoms with Gasteiger partial charge in [-0.2, -0.15) is 0 Å². The van der Waals surface area contributed by atoms with E-state index in [1.807, 2.05) is 31.2 Å². The third kappa shape index (κ3) is 3.62. The smallest absolute Gasteiger partial charge is 0.123 e. The van der Waals surface area contributed by atoms with Gasteiger partial charge in [0.2, 0.25) is 0 Å². The number of hydrazine groups is 1. The number of rotatable bonds is 4. The van der Waals surface area contributed by atoms with Gasteiger partial charge in [0.15, 0.2) is 0 Å². The van der Waals surface area contributed by atoms with Crippen molar-refractivity contribution < 1.29 is 4.39 Å². The Labute approximate surface area is 120 Å². The molecule has 0 aromatic heterocycles. The monoisotopic (exact) mass is 322 g/mol. The molecule has 0 spiro atoms. The van der Waals surface area contributed by atoms with Crippen LogP contribution < -0.4 is 11.3 Å². The van der Waals surface area contributed by atoms with Crippen LogP contribution in [0.2, 0.25) is 0 Å². The molecule has 1 atom stereocenters. The highest BCUT2D eigenvalue weighted by Crippen LogP contribution is 2.22. The first-order valence-electron chi connectivity index (χ1n) is 6.07. The fourth-order valence-corrected chi connectivity index (χ4v) is 2.31. The van der Waals surface area contributed by atoms with Crippen LogP contribution >= 0.6 is 15.9 Å². The van der Waals surface area contributed by atoms with Crippen molar-refractivity contribution in [3.8, 4) is 0 Å². The van der Waals surface area contributed by atoms with Crippen LogP contribution in [0.15, 0.2) is 46.9 Å². The van der Waals surface area contributed by atoms with Crippen molar-refractivity contribution in [1.82, 2.24) is 5.43 Å². The zero-order chi connectivity index (χ0) is 13.8. The van der Waals surface area contributed by atoms with Gasteiger partial charge in [-0.3, -0.25) is 11.3 Å². The van der Waals surface area contributed by atoms with Crippen molar-refractivity contribution in [3.05, 3.63) is 69.4 Å². The fourth-order valence-electron chi connectivity index (χ4n) is 2.05. The quantitative estimate of drug-likeness (QED) is 0.666. The molecule has 0 bridgehead atoms. The number of nitrogens with one attached hydrogen (secondary N) is 1. The molecule has 4 heteroatoms. The number of nitrogens with two attached hydrogens (primary N) is 1. The third-order valence-corrected chi connectivity index (χ3v) is 3.74. The first-order valence-corrected chi connectivity index (χ1v) is 6.86. The minimum absolute atomic E-state index is 0.0337. The van der Waals surface area contributed by atoms with Crippen molar-refractivity contribution in [2.45, 2.75) is 19.4 Å². The molecule has 0 heterocycles. The Morgan fingerprint density at radius 2 is 1.89 bits per heavy atom. The van der Waals surface area contributed by atoms with Crippen LogP contribution in [0.4, 0.5) is 4.39 Å². The van der Waals surface area contributed by atoms with Crippen LogP contribution in [0.5, 0.6) is 0 Å². The molecule has 19 heavy (non-hydrogen) atoms. The second kappa shape index (κ2) is 6.28. The minimum atomic E-state index is -0.216. The molecule has 0 fully saturated rings. The van der Waals surface area contributed by atoms with Gasteiger partial charge in [0.1, 0.15) is 5.82 Å². The standard InChI is InChI=1S/C15H16BrFN2/c1-10-2-7-14(17)8-12(10)9-15(19-18)11-3-5-13(16)6-4-11/h2-8,15,19H,9,18H2,1H3. The van der Waals surface area contributed by atoms with E-state index in [0.29, 0.717) is 6.42 Å². The number of benzene rings is 2. The summed E-state index contributed by atoms with van der Waals surface area (Å²) in [5.74, 6) is 5.41. The SMILES string of the molecule is Cc1ccc(F)cc1CC(NN)c1ccc(Br)cc1. The Hall–Kier alpha value is -1.23. The van der Waals surface area contributed by atoms with Crippen molar-refractivity contribution in [2.75, 3.05) is 0 Å². The predicted octanol–water partition coefficient (Wildman–Crippen LogP) is 3.64. The zero-order valence-corrected chi connectivity index (χ0v) is 12.2. The maximum Gasteiger partial charge on any atom is 0.123 e. The number of halogens is 2. The molecular formula is C15H16BrFN2. The molecule has 2 nitrogen and oxygen atoms in total. The Bertz CT molecular complexity index is 555. The molecule has 2 rings (SSSR count). The summed E-state index contributed by atoms with van der Waals surface area (Å²) < 4.78 is 14.3. The molecule has 100 valence electrons. The molecule has 2 aromatic rings. The molecule has 1 unspecified atom stereocenters. The normalized spacial score (nSPS) is 12.4. The van der Waals surface area contributed by atoms with Crippen LogP contribution in [0.25, 0.3) is 0 Å². The summed E-state index contributed by atoms with van der Waals surface area (Å²) in [4.78, 5) is 0. The second-order valence-electron chi connectivity index (χ2n) is 4.55. The molecule has 0 saturated carbocycles. The number of hydrogen-bond acceptors (Lipinski definition) is 2. The lowest BCUT2D eigenvalue weighted by Gasteiger charge is -2.18. The Kier molecular flexibility index (Phi) is 4.69. The summed E-state index contributed by atoms with van der Waals surface area (Å²) in [7, 11) is 0. The number of hydrogen-bond donors (Lipinski definition) is 2. The highest BCUT2D eigenvalue weighted by molar-refractivity contribution is 9.10. The molecule has 0 aliphatic carbocycles. The van der Waals surface area contributed by atoms with Crippen LogP contribution in [-0.4, -0.2) is 0 Å². The summed E-state index contributed by atoms with van der Waals surface area (Å²) in [5.41, 5.74) is 5.91. The molecule has 0 aliphatic rings. The van der Waals surface area contributed by atoms with Gasteiger partial charge in [-0.1, -0.05) is 34.1 Å². The van der Waals surface area contributed by atoms with Gasteiger partial charge in [-0.15, -0.1) is 0 Å². The van der Waals surface area contributed by atoms with Crippen molar-refractivity contribution in [2.24, 2.45) is 5.84 Å². The van der Waals surface area contributed by atoms with E-state index < -0.39 is 0 Å². The van der Waals surface area contributed by atoms with Crippen molar-refractivity contribution in [3.63, 3.8) is 0 Å². The van der Waals surface area contributed by atoms with E-state index in [4.69, 9.17) is 5.84 Å². The first kappa shape index (κ1) is 14.2. The van der Waals surface area contributed by atoms with Crippen molar-refractivity contribution in [1.29, 1.82) is 0 Å². The lowest BCUT2D eigenvalue weighted by atomic mass is 9.96. The van der Waals surface area contributed by atoms with Crippen LogP contribution in [0.3, 0.4) is 0 Å². The fraction of sp³-hybridized carbons (Fsp3) is 0.200. The molecule has 0 radical (unpaired) electrons. The zero-order valence-electron chi connectivity index (χ0n) is 10.7. The molecule has 2 aromatic carbocycles. The molecule has 0 saturated heterocycles. The average molecular weight is 323 g/mol. The van der Waals surface area contributed by atoms with E-state index in [0.717, 1.165) is 21.2 Å². The number of aryl methyl sites for hydroxylation is 1. The van der Waals surface area contributed by atoms with E-state index in [1.54, 1.807) is 12.1 Å². The van der Waals surface area contributed by atoms with E-state index >= 15 is 0 Å². The summed E-state index contributed by atoms with van der Waals surface area (Å²) in [5, 5.41) is 0. The van der Waals surface area contributed by atoms with Gasteiger partial charge in [0, 0.05) is 10.5 Å². The third-order valence-electron chi connectivity index (χ3n) is 3.21. The Balaban J connectivity index is 2.23.